The molecule has 2 unspecified atom stereocenters. The van der Waals surface area contributed by atoms with Crippen LogP contribution in [-0.2, 0) is 9.59 Å². The van der Waals surface area contributed by atoms with E-state index in [0.29, 0.717) is 5.69 Å². The van der Waals surface area contributed by atoms with Crippen LogP contribution < -0.4 is 10.6 Å². The molecule has 0 aliphatic carbocycles. The van der Waals surface area contributed by atoms with Gasteiger partial charge in [0.05, 0.1) is 23.4 Å². The Morgan fingerprint density at radius 2 is 1.85 bits per heavy atom. The Morgan fingerprint density at radius 1 is 1.08 bits per heavy atom. The van der Waals surface area contributed by atoms with Crippen molar-refractivity contribution in [3.05, 3.63) is 60.4 Å². The van der Waals surface area contributed by atoms with Crippen molar-refractivity contribution in [1.29, 1.82) is 0 Å². The molecule has 6 heteroatoms. The Kier molecular flexibility index (Phi) is 5.02. The topological polar surface area (TPSA) is 76.0 Å². The van der Waals surface area contributed by atoms with Gasteiger partial charge in [0.25, 0.3) is 0 Å². The summed E-state index contributed by atoms with van der Waals surface area (Å²) in [5.74, 6) is -0.218. The van der Waals surface area contributed by atoms with Gasteiger partial charge in [0, 0.05) is 12.6 Å². The van der Waals surface area contributed by atoms with Crippen molar-refractivity contribution >= 4 is 28.5 Å². The zero-order valence-corrected chi connectivity index (χ0v) is 15.1. The van der Waals surface area contributed by atoms with Gasteiger partial charge < -0.3 is 15.2 Å². The fourth-order valence-corrected chi connectivity index (χ4v) is 2.92. The molecule has 1 heterocycles. The summed E-state index contributed by atoms with van der Waals surface area (Å²) >= 11 is 0. The third-order valence-corrected chi connectivity index (χ3v) is 4.34. The first-order valence-electron chi connectivity index (χ1n) is 8.55. The van der Waals surface area contributed by atoms with Crippen LogP contribution in [0.15, 0.2) is 54.9 Å². The molecule has 0 saturated carbocycles. The SMILES string of the molecule is CC(=O)Nc1cccc(C(C)NC(=O)C(C)n2cnc3ccccc32)c1. The Labute approximate surface area is 152 Å². The quantitative estimate of drug-likeness (QED) is 0.740. The van der Waals surface area contributed by atoms with E-state index in [4.69, 9.17) is 0 Å². The van der Waals surface area contributed by atoms with Gasteiger partial charge in [-0.1, -0.05) is 24.3 Å². The number of rotatable bonds is 5. The van der Waals surface area contributed by atoms with Crippen LogP contribution in [-0.4, -0.2) is 21.4 Å². The Balaban J connectivity index is 1.73. The third kappa shape index (κ3) is 3.74. The van der Waals surface area contributed by atoms with Gasteiger partial charge in [-0.25, -0.2) is 4.98 Å². The predicted octanol–water partition coefficient (Wildman–Crippen LogP) is 3.43. The highest BCUT2D eigenvalue weighted by Crippen LogP contribution is 2.20. The molecule has 0 spiro atoms. The van der Waals surface area contributed by atoms with Crippen molar-refractivity contribution in [2.45, 2.75) is 32.9 Å². The third-order valence-electron chi connectivity index (χ3n) is 4.34. The molecule has 0 saturated heterocycles. The van der Waals surface area contributed by atoms with Crippen molar-refractivity contribution in [3.63, 3.8) is 0 Å². The number of hydrogen-bond donors (Lipinski definition) is 2. The zero-order chi connectivity index (χ0) is 18.7. The number of imidazole rings is 1. The average molecular weight is 350 g/mol. The molecule has 3 rings (SSSR count). The number of hydrogen-bond acceptors (Lipinski definition) is 3. The van der Waals surface area contributed by atoms with E-state index in [1.165, 1.54) is 6.92 Å². The molecule has 134 valence electrons. The normalized spacial score (nSPS) is 13.2. The van der Waals surface area contributed by atoms with Gasteiger partial charge in [-0.15, -0.1) is 0 Å². The van der Waals surface area contributed by atoms with Crippen molar-refractivity contribution < 1.29 is 9.59 Å². The maximum absolute atomic E-state index is 12.7. The molecule has 0 bridgehead atoms. The number of fused-ring (bicyclic) bond motifs is 1. The van der Waals surface area contributed by atoms with Crippen LogP contribution in [0.25, 0.3) is 11.0 Å². The number of carbonyl (C=O) groups is 2. The second kappa shape index (κ2) is 7.39. The summed E-state index contributed by atoms with van der Waals surface area (Å²) in [6, 6.07) is 14.6. The minimum absolute atomic E-state index is 0.0921. The van der Waals surface area contributed by atoms with E-state index in [-0.39, 0.29) is 23.9 Å². The summed E-state index contributed by atoms with van der Waals surface area (Å²) in [7, 11) is 0. The smallest absolute Gasteiger partial charge is 0.243 e. The number of carbonyl (C=O) groups excluding carboxylic acids is 2. The first-order chi connectivity index (χ1) is 12.5. The van der Waals surface area contributed by atoms with Gasteiger partial charge in [0.2, 0.25) is 11.8 Å². The van der Waals surface area contributed by atoms with E-state index in [1.54, 1.807) is 6.33 Å². The van der Waals surface area contributed by atoms with E-state index in [0.717, 1.165) is 16.6 Å². The maximum atomic E-state index is 12.7. The fourth-order valence-electron chi connectivity index (χ4n) is 2.92. The summed E-state index contributed by atoms with van der Waals surface area (Å²) in [4.78, 5) is 28.3. The highest BCUT2D eigenvalue weighted by atomic mass is 16.2. The Bertz CT molecular complexity index is 948. The number of nitrogens with zero attached hydrogens (tertiary/aromatic N) is 2. The number of benzene rings is 2. The highest BCUT2D eigenvalue weighted by molar-refractivity contribution is 5.88. The Morgan fingerprint density at radius 3 is 2.62 bits per heavy atom. The first-order valence-corrected chi connectivity index (χ1v) is 8.55. The lowest BCUT2D eigenvalue weighted by Gasteiger charge is -2.20. The molecule has 0 fully saturated rings. The second-order valence-corrected chi connectivity index (χ2v) is 6.35. The van der Waals surface area contributed by atoms with E-state index in [9.17, 15) is 9.59 Å². The number of para-hydroxylation sites is 2. The molecule has 2 aromatic carbocycles. The lowest BCUT2D eigenvalue weighted by atomic mass is 10.1. The molecule has 2 N–H and O–H groups in total. The van der Waals surface area contributed by atoms with E-state index in [2.05, 4.69) is 15.6 Å². The minimum atomic E-state index is -0.386. The minimum Gasteiger partial charge on any atom is -0.348 e. The number of aromatic nitrogens is 2. The molecule has 3 aromatic rings. The maximum Gasteiger partial charge on any atom is 0.243 e. The van der Waals surface area contributed by atoms with Crippen LogP contribution in [0, 0.1) is 0 Å². The van der Waals surface area contributed by atoms with Gasteiger partial charge >= 0.3 is 0 Å². The monoisotopic (exact) mass is 350 g/mol. The standard InChI is InChI=1S/C20H22N4O2/c1-13(16-7-6-8-17(11-16)23-15(3)25)22-20(26)14(2)24-12-21-18-9-4-5-10-19(18)24/h4-14H,1-3H3,(H,22,26)(H,23,25). The summed E-state index contributed by atoms with van der Waals surface area (Å²) in [6.45, 7) is 5.24. The van der Waals surface area contributed by atoms with Crippen LogP contribution in [0.3, 0.4) is 0 Å². The molecule has 2 amide bonds. The van der Waals surface area contributed by atoms with Crippen molar-refractivity contribution in [2.24, 2.45) is 0 Å². The highest BCUT2D eigenvalue weighted by Gasteiger charge is 2.19. The fraction of sp³-hybridized carbons (Fsp3) is 0.250. The molecule has 1 aromatic heterocycles. The lowest BCUT2D eigenvalue weighted by molar-refractivity contribution is -0.124. The van der Waals surface area contributed by atoms with Gasteiger partial charge in [0.1, 0.15) is 6.04 Å². The molecule has 2 atom stereocenters. The summed E-state index contributed by atoms with van der Waals surface area (Å²) in [6.07, 6.45) is 1.69. The van der Waals surface area contributed by atoms with Crippen LogP contribution >= 0.6 is 0 Å². The van der Waals surface area contributed by atoms with Crippen molar-refractivity contribution in [3.8, 4) is 0 Å². The van der Waals surface area contributed by atoms with Crippen molar-refractivity contribution in [1.82, 2.24) is 14.9 Å². The first kappa shape index (κ1) is 17.7. The largest absolute Gasteiger partial charge is 0.348 e. The van der Waals surface area contributed by atoms with Gasteiger partial charge in [0.15, 0.2) is 0 Å². The summed E-state index contributed by atoms with van der Waals surface area (Å²) < 4.78 is 1.87. The van der Waals surface area contributed by atoms with Gasteiger partial charge in [-0.05, 0) is 43.7 Å². The second-order valence-electron chi connectivity index (χ2n) is 6.35. The van der Waals surface area contributed by atoms with E-state index < -0.39 is 0 Å². The van der Waals surface area contributed by atoms with Crippen LogP contribution in [0.2, 0.25) is 0 Å². The van der Waals surface area contributed by atoms with Crippen LogP contribution in [0.4, 0.5) is 5.69 Å². The predicted molar refractivity (Wildman–Crippen MR) is 102 cm³/mol. The lowest BCUT2D eigenvalue weighted by Crippen LogP contribution is -2.32. The molecular weight excluding hydrogens is 328 g/mol. The zero-order valence-electron chi connectivity index (χ0n) is 15.1. The number of anilines is 1. The molecule has 0 aliphatic rings. The van der Waals surface area contributed by atoms with Gasteiger partial charge in [-0.2, -0.15) is 0 Å². The summed E-state index contributed by atoms with van der Waals surface area (Å²) in [5.41, 5.74) is 3.43. The van der Waals surface area contributed by atoms with Crippen LogP contribution in [0.5, 0.6) is 0 Å². The molecule has 0 radical (unpaired) electrons. The van der Waals surface area contributed by atoms with Crippen molar-refractivity contribution in [2.75, 3.05) is 5.32 Å². The van der Waals surface area contributed by atoms with Gasteiger partial charge in [-0.3, -0.25) is 9.59 Å². The van der Waals surface area contributed by atoms with Crippen LogP contribution in [0.1, 0.15) is 38.4 Å². The van der Waals surface area contributed by atoms with E-state index >= 15 is 0 Å². The molecule has 26 heavy (non-hydrogen) atoms. The summed E-state index contributed by atoms with van der Waals surface area (Å²) in [5, 5.41) is 5.78. The molecule has 0 aliphatic heterocycles. The molecular formula is C20H22N4O2. The molecule has 6 nitrogen and oxygen atoms in total. The van der Waals surface area contributed by atoms with E-state index in [1.807, 2.05) is 66.9 Å². The average Bonchev–Trinajstić information content (AvgIpc) is 3.04. The Hall–Kier alpha value is -3.15. The number of nitrogens with one attached hydrogen (secondary N) is 2. The number of amides is 2.